The summed E-state index contributed by atoms with van der Waals surface area (Å²) in [5.74, 6) is -1.47. The van der Waals surface area contributed by atoms with Crippen molar-refractivity contribution >= 4 is 16.9 Å². The van der Waals surface area contributed by atoms with Crippen molar-refractivity contribution in [3.8, 4) is 23.1 Å². The van der Waals surface area contributed by atoms with E-state index in [-0.39, 0.29) is 46.3 Å². The number of aryl methyl sites for hydroxylation is 1. The van der Waals surface area contributed by atoms with Gasteiger partial charge in [-0.15, -0.1) is 0 Å². The van der Waals surface area contributed by atoms with Gasteiger partial charge in [0.15, 0.2) is 11.4 Å². The SMILES string of the molecule is CN(C)C(=O)c1ccc(OCc2ccc(F)cc2)c2c(=O)c(O)c(-c3ncnn3C)oc12. The van der Waals surface area contributed by atoms with Crippen molar-refractivity contribution in [1.82, 2.24) is 19.7 Å². The Morgan fingerprint density at radius 1 is 1.22 bits per heavy atom. The van der Waals surface area contributed by atoms with Gasteiger partial charge in [-0.1, -0.05) is 12.1 Å². The Balaban J connectivity index is 1.91. The zero-order valence-corrected chi connectivity index (χ0v) is 17.5. The fourth-order valence-electron chi connectivity index (χ4n) is 3.18. The smallest absolute Gasteiger partial charge is 0.257 e. The van der Waals surface area contributed by atoms with Crippen LogP contribution in [0, 0.1) is 5.82 Å². The van der Waals surface area contributed by atoms with Crippen LogP contribution in [-0.4, -0.2) is 44.8 Å². The molecule has 0 spiro atoms. The first kappa shape index (κ1) is 21.0. The first-order valence-electron chi connectivity index (χ1n) is 9.54. The lowest BCUT2D eigenvalue weighted by Gasteiger charge is -2.15. The molecule has 0 aliphatic carbocycles. The average Bonchev–Trinajstić information content (AvgIpc) is 3.20. The van der Waals surface area contributed by atoms with Gasteiger partial charge in [-0.3, -0.25) is 9.59 Å². The molecule has 164 valence electrons. The maximum absolute atomic E-state index is 13.2. The highest BCUT2D eigenvalue weighted by atomic mass is 19.1. The van der Waals surface area contributed by atoms with Crippen molar-refractivity contribution in [3.63, 3.8) is 0 Å². The summed E-state index contributed by atoms with van der Waals surface area (Å²) in [5.41, 5.74) is -0.0650. The number of carbonyl (C=O) groups excluding carboxylic acids is 1. The van der Waals surface area contributed by atoms with E-state index >= 15 is 0 Å². The topological polar surface area (TPSA) is 111 Å². The lowest BCUT2D eigenvalue weighted by molar-refractivity contribution is 0.0828. The van der Waals surface area contributed by atoms with Gasteiger partial charge in [0, 0.05) is 21.1 Å². The van der Waals surface area contributed by atoms with E-state index in [0.717, 1.165) is 0 Å². The Bertz CT molecular complexity index is 1380. The van der Waals surface area contributed by atoms with E-state index < -0.39 is 17.1 Å². The molecule has 32 heavy (non-hydrogen) atoms. The summed E-state index contributed by atoms with van der Waals surface area (Å²) < 4.78 is 26.1. The van der Waals surface area contributed by atoms with Crippen molar-refractivity contribution in [1.29, 1.82) is 0 Å². The molecule has 4 rings (SSSR count). The monoisotopic (exact) mass is 438 g/mol. The van der Waals surface area contributed by atoms with Crippen LogP contribution in [0.25, 0.3) is 22.6 Å². The molecule has 0 saturated carbocycles. The molecule has 0 radical (unpaired) electrons. The van der Waals surface area contributed by atoms with E-state index in [4.69, 9.17) is 9.15 Å². The van der Waals surface area contributed by atoms with Gasteiger partial charge >= 0.3 is 0 Å². The highest BCUT2D eigenvalue weighted by Crippen LogP contribution is 2.34. The number of fused-ring (bicyclic) bond motifs is 1. The molecule has 0 bridgehead atoms. The fourth-order valence-corrected chi connectivity index (χ4v) is 3.18. The number of amides is 1. The van der Waals surface area contributed by atoms with Crippen LogP contribution in [0.1, 0.15) is 15.9 Å². The summed E-state index contributed by atoms with van der Waals surface area (Å²) >= 11 is 0. The van der Waals surface area contributed by atoms with Gasteiger partial charge in [0.25, 0.3) is 5.91 Å². The van der Waals surface area contributed by atoms with Gasteiger partial charge in [-0.05, 0) is 29.8 Å². The predicted octanol–water partition coefficient (Wildman–Crippen LogP) is 2.71. The molecule has 1 N–H and O–H groups in total. The Kier molecular flexibility index (Phi) is 5.35. The Hall–Kier alpha value is -4.21. The number of aromatic hydroxyl groups is 1. The zero-order chi connectivity index (χ0) is 23.0. The predicted molar refractivity (Wildman–Crippen MR) is 113 cm³/mol. The van der Waals surface area contributed by atoms with Crippen LogP contribution < -0.4 is 10.2 Å². The van der Waals surface area contributed by atoms with E-state index in [1.807, 2.05) is 0 Å². The van der Waals surface area contributed by atoms with Crippen molar-refractivity contribution in [2.75, 3.05) is 14.1 Å². The third-order valence-electron chi connectivity index (χ3n) is 4.84. The molecule has 10 heteroatoms. The number of nitrogens with zero attached hydrogens (tertiary/aromatic N) is 4. The molecular weight excluding hydrogens is 419 g/mol. The second-order valence-electron chi connectivity index (χ2n) is 7.25. The van der Waals surface area contributed by atoms with Crippen LogP contribution >= 0.6 is 0 Å². The van der Waals surface area contributed by atoms with Crippen LogP contribution in [0.4, 0.5) is 4.39 Å². The molecule has 2 aromatic carbocycles. The molecule has 2 heterocycles. The molecule has 0 saturated heterocycles. The van der Waals surface area contributed by atoms with Crippen molar-refractivity contribution in [2.24, 2.45) is 7.05 Å². The summed E-state index contributed by atoms with van der Waals surface area (Å²) in [6, 6.07) is 8.62. The van der Waals surface area contributed by atoms with Crippen molar-refractivity contribution in [2.45, 2.75) is 6.61 Å². The molecule has 9 nitrogen and oxygen atoms in total. The average molecular weight is 438 g/mol. The number of hydrogen-bond donors (Lipinski definition) is 1. The summed E-state index contributed by atoms with van der Waals surface area (Å²) in [6.07, 6.45) is 1.24. The van der Waals surface area contributed by atoms with Gasteiger partial charge in [0.2, 0.25) is 16.9 Å². The Labute approximate surface area is 181 Å². The summed E-state index contributed by atoms with van der Waals surface area (Å²) in [6.45, 7) is 0.0294. The Morgan fingerprint density at radius 2 is 1.94 bits per heavy atom. The van der Waals surface area contributed by atoms with Gasteiger partial charge in [0.1, 0.15) is 29.9 Å². The molecule has 0 atom stereocenters. The minimum Gasteiger partial charge on any atom is -0.501 e. The van der Waals surface area contributed by atoms with Crippen LogP contribution in [0.15, 0.2) is 51.9 Å². The zero-order valence-electron chi connectivity index (χ0n) is 17.5. The molecule has 1 amide bonds. The van der Waals surface area contributed by atoms with Gasteiger partial charge < -0.3 is 19.2 Å². The van der Waals surface area contributed by atoms with Gasteiger partial charge in [-0.25, -0.2) is 14.1 Å². The number of ether oxygens (including phenoxy) is 1. The molecule has 0 aliphatic rings. The summed E-state index contributed by atoms with van der Waals surface area (Å²) in [5, 5.41) is 14.4. The quantitative estimate of drug-likeness (QED) is 0.510. The number of halogens is 1. The fraction of sp³-hybridized carbons (Fsp3) is 0.182. The first-order chi connectivity index (χ1) is 15.3. The van der Waals surface area contributed by atoms with E-state index in [9.17, 15) is 19.1 Å². The lowest BCUT2D eigenvalue weighted by atomic mass is 10.1. The minimum atomic E-state index is -0.785. The van der Waals surface area contributed by atoms with Gasteiger partial charge in [-0.2, -0.15) is 5.10 Å². The summed E-state index contributed by atoms with van der Waals surface area (Å²) in [7, 11) is 4.70. The lowest BCUT2D eigenvalue weighted by Crippen LogP contribution is -2.22. The van der Waals surface area contributed by atoms with E-state index in [1.54, 1.807) is 33.3 Å². The highest BCUT2D eigenvalue weighted by molar-refractivity contribution is 6.06. The second kappa shape index (κ2) is 8.14. The number of hydrogen-bond acceptors (Lipinski definition) is 7. The Morgan fingerprint density at radius 3 is 2.56 bits per heavy atom. The number of carbonyl (C=O) groups is 1. The summed E-state index contributed by atoms with van der Waals surface area (Å²) in [4.78, 5) is 31.2. The normalized spacial score (nSPS) is 11.0. The van der Waals surface area contributed by atoms with E-state index in [0.29, 0.717) is 5.56 Å². The largest absolute Gasteiger partial charge is 0.501 e. The third kappa shape index (κ3) is 3.66. The van der Waals surface area contributed by atoms with E-state index in [1.165, 1.54) is 40.2 Å². The van der Waals surface area contributed by atoms with Crippen LogP contribution in [-0.2, 0) is 13.7 Å². The van der Waals surface area contributed by atoms with Crippen LogP contribution in [0.5, 0.6) is 11.5 Å². The maximum atomic E-state index is 13.2. The van der Waals surface area contributed by atoms with Crippen LogP contribution in [0.2, 0.25) is 0 Å². The molecule has 4 aromatic rings. The van der Waals surface area contributed by atoms with Crippen molar-refractivity contribution in [3.05, 3.63) is 69.9 Å². The number of aromatic nitrogens is 3. The molecular formula is C22H19FN4O5. The van der Waals surface area contributed by atoms with Gasteiger partial charge in [0.05, 0.1) is 5.56 Å². The maximum Gasteiger partial charge on any atom is 0.257 e. The third-order valence-corrected chi connectivity index (χ3v) is 4.84. The standard InChI is InChI=1S/C22H19FN4O5/c1-26(2)22(30)14-8-9-15(31-10-12-4-6-13(23)7-5-12)16-17(28)18(29)20(32-19(14)16)21-24-11-25-27(21)3/h4-9,11,29H,10H2,1-3H3. The first-order valence-corrected chi connectivity index (χ1v) is 9.54. The second-order valence-corrected chi connectivity index (χ2v) is 7.25. The number of rotatable bonds is 5. The molecule has 0 fully saturated rings. The molecule has 0 unspecified atom stereocenters. The minimum absolute atomic E-state index is 0.0294. The van der Waals surface area contributed by atoms with Crippen LogP contribution in [0.3, 0.4) is 0 Å². The number of benzene rings is 2. The molecule has 0 aliphatic heterocycles. The highest BCUT2D eigenvalue weighted by Gasteiger charge is 2.25. The molecule has 2 aromatic heterocycles. The van der Waals surface area contributed by atoms with E-state index in [2.05, 4.69) is 10.1 Å². The van der Waals surface area contributed by atoms with Crippen molar-refractivity contribution < 1.29 is 23.4 Å².